The summed E-state index contributed by atoms with van der Waals surface area (Å²) in [5.74, 6) is 0. The van der Waals surface area contributed by atoms with Crippen molar-refractivity contribution in [2.24, 2.45) is 0 Å². The molecule has 0 aromatic heterocycles. The standard InChI is InChI=1S/C11H15NO2.2C4H9.Sn/c1-12(8-11(14)9-13)7-10-5-3-2-4-6-10;2*1-3-4-2;/h2-6,11H,7-9H2,1H3;2*1,3-4H2,2H3;/q-2;;;+2/t11-;;;/m0.../s1. The molecule has 0 saturated carbocycles. The number of hydrogen-bond acceptors (Lipinski definition) is 3. The molecular weight excluding hydrogens is 393 g/mol. The minimum absolute atomic E-state index is 0.285. The van der Waals surface area contributed by atoms with Crippen LogP contribution in [-0.4, -0.2) is 50.4 Å². The molecule has 23 heavy (non-hydrogen) atoms. The van der Waals surface area contributed by atoms with Crippen LogP contribution < -0.4 is 0 Å². The number of likely N-dealkylation sites (N-methyl/N-ethyl adjacent to an activating group) is 1. The molecule has 1 aromatic rings. The number of hydrogen-bond donors (Lipinski definition) is 0. The maximum atomic E-state index is 6.61. The summed E-state index contributed by atoms with van der Waals surface area (Å²) < 4.78 is 15.5. The first-order valence-electron chi connectivity index (χ1n) is 9.21. The van der Waals surface area contributed by atoms with E-state index in [-0.39, 0.29) is 6.10 Å². The van der Waals surface area contributed by atoms with E-state index >= 15 is 0 Å². The molecule has 1 aliphatic heterocycles. The van der Waals surface area contributed by atoms with Gasteiger partial charge in [-0.15, -0.1) is 0 Å². The van der Waals surface area contributed by atoms with Gasteiger partial charge in [0.1, 0.15) is 0 Å². The first kappa shape index (κ1) is 19.2. The molecular formula is C19H33NO2Sn. The molecule has 1 aromatic carbocycles. The van der Waals surface area contributed by atoms with Crippen molar-refractivity contribution >= 4 is 19.2 Å². The second kappa shape index (κ2) is 10.0. The molecule has 0 radical (unpaired) electrons. The van der Waals surface area contributed by atoms with Gasteiger partial charge < -0.3 is 0 Å². The third-order valence-electron chi connectivity index (χ3n) is 4.55. The van der Waals surface area contributed by atoms with Crippen LogP contribution in [0.15, 0.2) is 30.3 Å². The zero-order valence-electron chi connectivity index (χ0n) is 15.1. The van der Waals surface area contributed by atoms with Crippen LogP contribution in [0.25, 0.3) is 0 Å². The molecule has 0 unspecified atom stereocenters. The predicted molar refractivity (Wildman–Crippen MR) is 98.8 cm³/mol. The monoisotopic (exact) mass is 427 g/mol. The van der Waals surface area contributed by atoms with Crippen LogP contribution in [0, 0.1) is 0 Å². The van der Waals surface area contributed by atoms with Gasteiger partial charge in [-0.2, -0.15) is 0 Å². The molecule has 0 spiro atoms. The van der Waals surface area contributed by atoms with Gasteiger partial charge in [-0.05, 0) is 0 Å². The minimum atomic E-state index is -2.75. The summed E-state index contributed by atoms with van der Waals surface area (Å²) in [7, 11) is 2.18. The summed E-state index contributed by atoms with van der Waals surface area (Å²) in [6.07, 6.45) is 5.32. The van der Waals surface area contributed by atoms with Crippen molar-refractivity contribution in [3.63, 3.8) is 0 Å². The van der Waals surface area contributed by atoms with Crippen molar-refractivity contribution in [3.05, 3.63) is 35.9 Å². The molecule has 1 heterocycles. The van der Waals surface area contributed by atoms with Crippen LogP contribution in [0.1, 0.15) is 45.1 Å². The quantitative estimate of drug-likeness (QED) is 0.512. The first-order chi connectivity index (χ1) is 11.2. The number of unbranched alkanes of at least 4 members (excludes halogenated alkanes) is 2. The summed E-state index contributed by atoms with van der Waals surface area (Å²) in [6.45, 7) is 7.31. The summed E-state index contributed by atoms with van der Waals surface area (Å²) in [5.41, 5.74) is 1.36. The number of benzene rings is 1. The number of nitrogens with zero attached hydrogens (tertiary/aromatic N) is 1. The zero-order chi connectivity index (χ0) is 16.5. The van der Waals surface area contributed by atoms with Crippen molar-refractivity contribution in [1.82, 2.24) is 4.90 Å². The number of rotatable bonds is 10. The van der Waals surface area contributed by atoms with Crippen molar-refractivity contribution in [3.8, 4) is 0 Å². The summed E-state index contributed by atoms with van der Waals surface area (Å²) in [5, 5.41) is 0. The van der Waals surface area contributed by atoms with Gasteiger partial charge in [-0.25, -0.2) is 0 Å². The molecule has 1 fully saturated rings. The van der Waals surface area contributed by atoms with E-state index in [2.05, 4.69) is 56.1 Å². The molecule has 1 aliphatic rings. The molecule has 0 bridgehead atoms. The van der Waals surface area contributed by atoms with Gasteiger partial charge in [0.2, 0.25) is 0 Å². The average Bonchev–Trinajstić information content (AvgIpc) is 2.95. The maximum absolute atomic E-state index is 6.61. The molecule has 1 atom stereocenters. The first-order valence-corrected chi connectivity index (χ1v) is 15.6. The Morgan fingerprint density at radius 3 is 2.35 bits per heavy atom. The molecule has 4 heteroatoms. The van der Waals surface area contributed by atoms with E-state index in [0.29, 0.717) is 0 Å². The van der Waals surface area contributed by atoms with Gasteiger partial charge in [0.05, 0.1) is 0 Å². The van der Waals surface area contributed by atoms with Gasteiger partial charge in [-0.3, -0.25) is 0 Å². The van der Waals surface area contributed by atoms with E-state index in [1.165, 1.54) is 40.1 Å². The molecule has 130 valence electrons. The van der Waals surface area contributed by atoms with Gasteiger partial charge in [-0.1, -0.05) is 0 Å². The molecule has 0 amide bonds. The van der Waals surface area contributed by atoms with Crippen LogP contribution in [0.4, 0.5) is 0 Å². The van der Waals surface area contributed by atoms with Crippen molar-refractivity contribution < 1.29 is 6.15 Å². The molecule has 2 rings (SSSR count). The van der Waals surface area contributed by atoms with E-state index in [9.17, 15) is 0 Å². The van der Waals surface area contributed by atoms with Crippen LogP contribution >= 0.6 is 0 Å². The van der Waals surface area contributed by atoms with Crippen molar-refractivity contribution in [1.29, 1.82) is 0 Å². The van der Waals surface area contributed by atoms with E-state index in [4.69, 9.17) is 6.15 Å². The topological polar surface area (TPSA) is 21.7 Å². The van der Waals surface area contributed by atoms with Gasteiger partial charge in [0, 0.05) is 0 Å². The fourth-order valence-electron chi connectivity index (χ4n) is 3.29. The van der Waals surface area contributed by atoms with E-state index < -0.39 is 19.2 Å². The average molecular weight is 426 g/mol. The predicted octanol–water partition coefficient (Wildman–Crippen LogP) is 4.58. The van der Waals surface area contributed by atoms with Crippen molar-refractivity contribution in [2.75, 3.05) is 20.2 Å². The summed E-state index contributed by atoms with van der Waals surface area (Å²) in [6, 6.07) is 10.7. The Morgan fingerprint density at radius 2 is 1.74 bits per heavy atom. The Balaban J connectivity index is 1.84. The Labute approximate surface area is 147 Å². The van der Waals surface area contributed by atoms with Crippen molar-refractivity contribution in [2.45, 2.75) is 61.1 Å². The third-order valence-corrected chi connectivity index (χ3v) is 15.1. The second-order valence-electron chi connectivity index (χ2n) is 6.85. The van der Waals surface area contributed by atoms with Crippen LogP contribution in [0.3, 0.4) is 0 Å². The summed E-state index contributed by atoms with van der Waals surface area (Å²) in [4.78, 5) is 2.37. The van der Waals surface area contributed by atoms with Crippen LogP contribution in [-0.2, 0) is 12.7 Å². The van der Waals surface area contributed by atoms with Crippen LogP contribution in [0.2, 0.25) is 8.87 Å². The Hall–Kier alpha value is -0.101. The summed E-state index contributed by atoms with van der Waals surface area (Å²) >= 11 is -2.75. The molecule has 0 N–H and O–H groups in total. The second-order valence-corrected chi connectivity index (χ2v) is 16.4. The SMILES string of the molecule is CCC[CH2][Sn]1([CH2]CCC)[O]C[C@H](CN(C)Cc2ccccc2)[O]1. The molecule has 0 aliphatic carbocycles. The van der Waals surface area contributed by atoms with Gasteiger partial charge in [0.25, 0.3) is 0 Å². The zero-order valence-corrected chi connectivity index (χ0v) is 17.9. The van der Waals surface area contributed by atoms with E-state index in [1.54, 1.807) is 0 Å². The molecule has 1 saturated heterocycles. The van der Waals surface area contributed by atoms with E-state index in [1.807, 2.05) is 0 Å². The Morgan fingerprint density at radius 1 is 1.09 bits per heavy atom. The fraction of sp³-hybridized carbons (Fsp3) is 0.684. The Kier molecular flexibility index (Phi) is 8.37. The third kappa shape index (κ3) is 6.37. The normalized spacial score (nSPS) is 20.3. The molecule has 3 nitrogen and oxygen atoms in total. The van der Waals surface area contributed by atoms with Crippen LogP contribution in [0.5, 0.6) is 0 Å². The Bertz CT molecular complexity index is 432. The van der Waals surface area contributed by atoms with Gasteiger partial charge >= 0.3 is 147 Å². The fourth-order valence-corrected chi connectivity index (χ4v) is 14.3. The van der Waals surface area contributed by atoms with Gasteiger partial charge in [0.15, 0.2) is 0 Å². The van der Waals surface area contributed by atoms with E-state index in [0.717, 1.165) is 19.7 Å².